The number of aliphatic hydroxyl groups excluding tert-OH is 1. The molecule has 1 fully saturated rings. The fourth-order valence-electron chi connectivity index (χ4n) is 3.04. The van der Waals surface area contributed by atoms with Gasteiger partial charge < -0.3 is 15.0 Å². The summed E-state index contributed by atoms with van der Waals surface area (Å²) in [7, 11) is 0. The Labute approximate surface area is 119 Å². The van der Waals surface area contributed by atoms with Gasteiger partial charge in [-0.3, -0.25) is 0 Å². The number of unbranched alkanes of at least 4 members (excludes halogenated alkanes) is 1. The van der Waals surface area contributed by atoms with Crippen LogP contribution in [0.25, 0.3) is 11.0 Å². The lowest BCUT2D eigenvalue weighted by Crippen LogP contribution is -2.34. The zero-order chi connectivity index (χ0) is 13.8. The number of fused-ring (bicyclic) bond motifs is 1. The molecule has 1 aromatic carbocycles. The van der Waals surface area contributed by atoms with Gasteiger partial charge in [-0.05, 0) is 57.5 Å². The highest BCUT2D eigenvalue weighted by molar-refractivity contribution is 5.74. The summed E-state index contributed by atoms with van der Waals surface area (Å²) in [4.78, 5) is 10.7. The van der Waals surface area contributed by atoms with Crippen LogP contribution >= 0.6 is 0 Å². The third-order valence-corrected chi connectivity index (χ3v) is 4.26. The van der Waals surface area contributed by atoms with E-state index in [-0.39, 0.29) is 0 Å². The lowest BCUT2D eigenvalue weighted by Gasteiger charge is -2.30. The Bertz CT molecular complexity index is 510. The molecule has 0 atom stereocenters. The summed E-state index contributed by atoms with van der Waals surface area (Å²) in [5.74, 6) is 1.72. The summed E-state index contributed by atoms with van der Waals surface area (Å²) in [6.07, 6.45) is 4.38. The number of nitrogens with one attached hydrogen (secondary N) is 1. The van der Waals surface area contributed by atoms with Crippen LogP contribution < -0.4 is 0 Å². The van der Waals surface area contributed by atoms with Gasteiger partial charge in [0.05, 0.1) is 11.0 Å². The van der Waals surface area contributed by atoms with Gasteiger partial charge in [0.2, 0.25) is 0 Å². The Morgan fingerprint density at radius 3 is 2.75 bits per heavy atom. The van der Waals surface area contributed by atoms with Crippen LogP contribution in [0.1, 0.15) is 37.4 Å². The van der Waals surface area contributed by atoms with E-state index in [1.165, 1.54) is 12.8 Å². The lowest BCUT2D eigenvalue weighted by molar-refractivity contribution is 0.197. The van der Waals surface area contributed by atoms with Gasteiger partial charge in [0, 0.05) is 12.5 Å². The molecule has 3 rings (SSSR count). The normalized spacial score (nSPS) is 17.9. The minimum atomic E-state index is 0.315. The SMILES string of the molecule is OCCCCN1CCC(c2nc3ccccc3[nH]2)CC1. The Balaban J connectivity index is 1.57. The smallest absolute Gasteiger partial charge is 0.110 e. The number of aromatic nitrogens is 2. The van der Waals surface area contributed by atoms with E-state index in [2.05, 4.69) is 22.0 Å². The number of para-hydroxylation sites is 2. The van der Waals surface area contributed by atoms with Crippen molar-refractivity contribution in [3.8, 4) is 0 Å². The molecule has 1 aliphatic heterocycles. The molecule has 0 aliphatic carbocycles. The monoisotopic (exact) mass is 273 g/mol. The van der Waals surface area contributed by atoms with E-state index in [1.807, 2.05) is 12.1 Å². The van der Waals surface area contributed by atoms with Crippen molar-refractivity contribution in [3.05, 3.63) is 30.1 Å². The maximum absolute atomic E-state index is 8.82. The first-order valence-electron chi connectivity index (χ1n) is 7.64. The molecule has 4 heteroatoms. The van der Waals surface area contributed by atoms with Gasteiger partial charge >= 0.3 is 0 Å². The van der Waals surface area contributed by atoms with E-state index < -0.39 is 0 Å². The molecule has 0 amide bonds. The number of aromatic amines is 1. The first-order chi connectivity index (χ1) is 9.86. The van der Waals surface area contributed by atoms with Crippen LogP contribution in [0.15, 0.2) is 24.3 Å². The van der Waals surface area contributed by atoms with Gasteiger partial charge in [0.15, 0.2) is 0 Å². The summed E-state index contributed by atoms with van der Waals surface area (Å²) in [5.41, 5.74) is 2.22. The molecule has 0 radical (unpaired) electrons. The van der Waals surface area contributed by atoms with Crippen molar-refractivity contribution >= 4 is 11.0 Å². The molecule has 0 unspecified atom stereocenters. The van der Waals surface area contributed by atoms with Gasteiger partial charge in [-0.25, -0.2) is 4.98 Å². The van der Waals surface area contributed by atoms with E-state index in [9.17, 15) is 0 Å². The molecule has 1 saturated heterocycles. The molecule has 2 heterocycles. The number of hydrogen-bond acceptors (Lipinski definition) is 3. The molecule has 20 heavy (non-hydrogen) atoms. The molecule has 2 N–H and O–H groups in total. The van der Waals surface area contributed by atoms with E-state index in [0.717, 1.165) is 49.3 Å². The van der Waals surface area contributed by atoms with E-state index in [4.69, 9.17) is 10.1 Å². The number of H-pyrrole nitrogens is 1. The van der Waals surface area contributed by atoms with Gasteiger partial charge in [0.25, 0.3) is 0 Å². The number of hydrogen-bond donors (Lipinski definition) is 2. The molecule has 0 saturated carbocycles. The Morgan fingerprint density at radius 1 is 1.20 bits per heavy atom. The summed E-state index contributed by atoms with van der Waals surface area (Å²) in [6.45, 7) is 3.73. The van der Waals surface area contributed by atoms with Crippen LogP contribution in [0, 0.1) is 0 Å². The van der Waals surface area contributed by atoms with Crippen molar-refractivity contribution in [1.29, 1.82) is 0 Å². The van der Waals surface area contributed by atoms with Gasteiger partial charge in [0.1, 0.15) is 5.82 Å². The Hall–Kier alpha value is -1.39. The summed E-state index contributed by atoms with van der Waals surface area (Å²) >= 11 is 0. The number of imidazole rings is 1. The van der Waals surface area contributed by atoms with E-state index in [1.54, 1.807) is 0 Å². The molecular formula is C16H23N3O. The third kappa shape index (κ3) is 3.02. The molecule has 108 valence electrons. The van der Waals surface area contributed by atoms with Gasteiger partial charge in [-0.15, -0.1) is 0 Å². The minimum absolute atomic E-state index is 0.315. The first kappa shape index (κ1) is 13.6. The van der Waals surface area contributed by atoms with E-state index >= 15 is 0 Å². The average Bonchev–Trinajstić information content (AvgIpc) is 2.92. The highest BCUT2D eigenvalue weighted by Gasteiger charge is 2.22. The summed E-state index contributed by atoms with van der Waals surface area (Å²) < 4.78 is 0. The number of rotatable bonds is 5. The quantitative estimate of drug-likeness (QED) is 0.823. The van der Waals surface area contributed by atoms with Crippen LogP contribution in [0.3, 0.4) is 0 Å². The number of likely N-dealkylation sites (tertiary alicyclic amines) is 1. The number of piperidine rings is 1. The molecule has 4 nitrogen and oxygen atoms in total. The fourth-order valence-corrected chi connectivity index (χ4v) is 3.04. The largest absolute Gasteiger partial charge is 0.396 e. The zero-order valence-electron chi connectivity index (χ0n) is 11.9. The lowest BCUT2D eigenvalue weighted by atomic mass is 9.96. The standard InChI is InChI=1S/C16H23N3O/c20-12-4-3-9-19-10-7-13(8-11-19)16-17-14-5-1-2-6-15(14)18-16/h1-2,5-6,13,20H,3-4,7-12H2,(H,17,18). The minimum Gasteiger partial charge on any atom is -0.396 e. The highest BCUT2D eigenvalue weighted by Crippen LogP contribution is 2.27. The molecule has 0 bridgehead atoms. The Kier molecular flexibility index (Phi) is 4.33. The second-order valence-electron chi connectivity index (χ2n) is 5.69. The second kappa shape index (κ2) is 6.37. The van der Waals surface area contributed by atoms with Crippen LogP contribution in [0.5, 0.6) is 0 Å². The van der Waals surface area contributed by atoms with Gasteiger partial charge in [-0.1, -0.05) is 12.1 Å². The molecule has 0 spiro atoms. The molecule has 2 aromatic rings. The van der Waals surface area contributed by atoms with Gasteiger partial charge in [-0.2, -0.15) is 0 Å². The van der Waals surface area contributed by atoms with Crippen LogP contribution in [0.2, 0.25) is 0 Å². The van der Waals surface area contributed by atoms with Crippen molar-refractivity contribution in [3.63, 3.8) is 0 Å². The summed E-state index contributed by atoms with van der Waals surface area (Å²) in [5, 5.41) is 8.82. The maximum Gasteiger partial charge on any atom is 0.110 e. The maximum atomic E-state index is 8.82. The molecular weight excluding hydrogens is 250 g/mol. The average molecular weight is 273 g/mol. The van der Waals surface area contributed by atoms with Crippen molar-refractivity contribution in [2.24, 2.45) is 0 Å². The fraction of sp³-hybridized carbons (Fsp3) is 0.562. The third-order valence-electron chi connectivity index (χ3n) is 4.26. The van der Waals surface area contributed by atoms with Crippen molar-refractivity contribution in [2.75, 3.05) is 26.2 Å². The first-order valence-corrected chi connectivity index (χ1v) is 7.64. The molecule has 1 aliphatic rings. The second-order valence-corrected chi connectivity index (χ2v) is 5.69. The van der Waals surface area contributed by atoms with E-state index in [0.29, 0.717) is 12.5 Å². The number of nitrogens with zero attached hydrogens (tertiary/aromatic N) is 2. The molecule has 1 aromatic heterocycles. The van der Waals surface area contributed by atoms with Crippen LogP contribution in [-0.4, -0.2) is 46.2 Å². The predicted molar refractivity (Wildman–Crippen MR) is 80.8 cm³/mol. The zero-order valence-corrected chi connectivity index (χ0v) is 11.9. The highest BCUT2D eigenvalue weighted by atomic mass is 16.2. The van der Waals surface area contributed by atoms with Crippen molar-refractivity contribution in [1.82, 2.24) is 14.9 Å². The van der Waals surface area contributed by atoms with Crippen molar-refractivity contribution < 1.29 is 5.11 Å². The van der Waals surface area contributed by atoms with Crippen LogP contribution in [-0.2, 0) is 0 Å². The van der Waals surface area contributed by atoms with Crippen LogP contribution in [0.4, 0.5) is 0 Å². The topological polar surface area (TPSA) is 52.1 Å². The Morgan fingerprint density at radius 2 is 2.00 bits per heavy atom. The summed E-state index contributed by atoms with van der Waals surface area (Å²) in [6, 6.07) is 8.25. The van der Waals surface area contributed by atoms with Crippen molar-refractivity contribution in [2.45, 2.75) is 31.6 Å². The number of benzene rings is 1. The number of aliphatic hydroxyl groups is 1. The predicted octanol–water partition coefficient (Wildman–Crippen LogP) is 2.51.